The Kier molecular flexibility index (Phi) is 7.08. The maximum Gasteiger partial charge on any atom is 0.254 e. The van der Waals surface area contributed by atoms with E-state index in [1.54, 1.807) is 22.3 Å². The van der Waals surface area contributed by atoms with E-state index >= 15 is 0 Å². The number of hydrogen-bond donors (Lipinski definition) is 1. The Morgan fingerprint density at radius 1 is 1.33 bits per heavy atom. The zero-order valence-corrected chi connectivity index (χ0v) is 19.9. The molecule has 2 atom stereocenters. The van der Waals surface area contributed by atoms with Gasteiger partial charge in [-0.05, 0) is 42.5 Å². The van der Waals surface area contributed by atoms with Gasteiger partial charge in [-0.2, -0.15) is 0 Å². The highest BCUT2D eigenvalue weighted by Crippen LogP contribution is 2.30. The molecule has 2 unspecified atom stereocenters. The van der Waals surface area contributed by atoms with Crippen molar-refractivity contribution in [1.29, 1.82) is 0 Å². The maximum absolute atomic E-state index is 13.3. The maximum atomic E-state index is 13.3. The van der Waals surface area contributed by atoms with Crippen LogP contribution in [0.15, 0.2) is 40.4 Å². The molecule has 8 nitrogen and oxygen atoms in total. The van der Waals surface area contributed by atoms with Crippen molar-refractivity contribution in [3.05, 3.63) is 52.9 Å². The number of carbonyl (C=O) groups is 2. The fourth-order valence-electron chi connectivity index (χ4n) is 4.19. The largest absolute Gasteiger partial charge is 0.479 e. The van der Waals surface area contributed by atoms with E-state index in [0.29, 0.717) is 37.6 Å². The molecular weight excluding hydrogens is 440 g/mol. The third-order valence-corrected chi connectivity index (χ3v) is 7.01. The number of aryl methyl sites for hydroxylation is 1. The molecule has 9 heteroatoms. The van der Waals surface area contributed by atoms with Crippen LogP contribution in [0.5, 0.6) is 5.88 Å². The van der Waals surface area contributed by atoms with Gasteiger partial charge in [-0.3, -0.25) is 9.59 Å². The molecule has 1 aliphatic heterocycles. The molecule has 1 fully saturated rings. The quantitative estimate of drug-likeness (QED) is 0.538. The van der Waals surface area contributed by atoms with E-state index in [-0.39, 0.29) is 11.8 Å². The van der Waals surface area contributed by atoms with Gasteiger partial charge >= 0.3 is 0 Å². The summed E-state index contributed by atoms with van der Waals surface area (Å²) in [5.74, 6) is 0.0640. The number of aromatic nitrogens is 2. The van der Waals surface area contributed by atoms with Crippen molar-refractivity contribution >= 4 is 23.2 Å². The highest BCUT2D eigenvalue weighted by atomic mass is 32.1. The number of hydrogen-bond acceptors (Lipinski definition) is 7. The van der Waals surface area contributed by atoms with E-state index in [1.807, 2.05) is 43.6 Å². The van der Waals surface area contributed by atoms with E-state index < -0.39 is 12.0 Å². The molecule has 0 spiro atoms. The molecule has 4 rings (SSSR count). The third kappa shape index (κ3) is 4.93. The first-order valence-corrected chi connectivity index (χ1v) is 12.0. The standard InChI is InChI=1S/C24H28N4O4S/c1-4-18(20-12-21(31-3)27-32-20)24(30)28-11-5-6-19(28)23(29)25-13-16-7-9-17(10-8-16)22-15(2)26-14-33-22/h7-10,12,14,18-19H,4-6,11,13H2,1-3H3,(H,25,29). The molecule has 1 N–H and O–H groups in total. The normalized spacial score (nSPS) is 16.6. The van der Waals surface area contributed by atoms with Crippen molar-refractivity contribution in [2.45, 2.75) is 51.6 Å². The van der Waals surface area contributed by atoms with Crippen molar-refractivity contribution in [3.8, 4) is 16.3 Å². The molecule has 0 bridgehead atoms. The zero-order chi connectivity index (χ0) is 23.4. The third-order valence-electron chi connectivity index (χ3n) is 6.03. The van der Waals surface area contributed by atoms with Crippen LogP contribution < -0.4 is 10.1 Å². The lowest BCUT2D eigenvalue weighted by Crippen LogP contribution is -2.47. The van der Waals surface area contributed by atoms with Crippen LogP contribution in [0.4, 0.5) is 0 Å². The Morgan fingerprint density at radius 2 is 2.12 bits per heavy atom. The average molecular weight is 469 g/mol. The van der Waals surface area contributed by atoms with E-state index in [1.165, 1.54) is 7.11 Å². The Bertz CT molecular complexity index is 1110. The Hall–Kier alpha value is -3.20. The SMILES string of the molecule is CCC(C(=O)N1CCCC1C(=O)NCc1ccc(-c2scnc2C)cc1)c1cc(OC)no1. The van der Waals surface area contributed by atoms with Crippen LogP contribution in [0, 0.1) is 6.92 Å². The number of carbonyl (C=O) groups excluding carboxylic acids is 2. The van der Waals surface area contributed by atoms with Gasteiger partial charge in [0.15, 0.2) is 5.76 Å². The van der Waals surface area contributed by atoms with Gasteiger partial charge in [-0.15, -0.1) is 11.3 Å². The Morgan fingerprint density at radius 3 is 2.76 bits per heavy atom. The molecule has 3 heterocycles. The summed E-state index contributed by atoms with van der Waals surface area (Å²) in [6.45, 7) is 4.88. The lowest BCUT2D eigenvalue weighted by Gasteiger charge is -2.27. The summed E-state index contributed by atoms with van der Waals surface area (Å²) in [7, 11) is 1.50. The second kappa shape index (κ2) is 10.2. The molecule has 1 aromatic carbocycles. The number of likely N-dealkylation sites (tertiary alicyclic amines) is 1. The van der Waals surface area contributed by atoms with Crippen LogP contribution in [0.3, 0.4) is 0 Å². The summed E-state index contributed by atoms with van der Waals surface area (Å²) in [5.41, 5.74) is 4.98. The predicted molar refractivity (Wildman–Crippen MR) is 125 cm³/mol. The number of thiazole rings is 1. The minimum Gasteiger partial charge on any atom is -0.479 e. The number of nitrogens with one attached hydrogen (secondary N) is 1. The Labute approximate surface area is 196 Å². The number of rotatable bonds is 8. The van der Waals surface area contributed by atoms with Gasteiger partial charge in [0.1, 0.15) is 6.04 Å². The van der Waals surface area contributed by atoms with Crippen molar-refractivity contribution < 1.29 is 18.8 Å². The smallest absolute Gasteiger partial charge is 0.254 e. The molecule has 1 saturated heterocycles. The molecule has 1 aliphatic rings. The van der Waals surface area contributed by atoms with Crippen LogP contribution in [-0.2, 0) is 16.1 Å². The summed E-state index contributed by atoms with van der Waals surface area (Å²) in [6, 6.07) is 9.27. The highest BCUT2D eigenvalue weighted by Gasteiger charge is 2.38. The lowest BCUT2D eigenvalue weighted by atomic mass is 10.0. The average Bonchev–Trinajstić information content (AvgIpc) is 3.59. The van der Waals surface area contributed by atoms with Crippen LogP contribution >= 0.6 is 11.3 Å². The van der Waals surface area contributed by atoms with Crippen molar-refractivity contribution in [2.24, 2.45) is 0 Å². The van der Waals surface area contributed by atoms with Crippen LogP contribution in [0.2, 0.25) is 0 Å². The molecule has 2 aromatic heterocycles. The van der Waals surface area contributed by atoms with E-state index in [2.05, 4.69) is 15.5 Å². The van der Waals surface area contributed by atoms with E-state index in [9.17, 15) is 9.59 Å². The molecule has 33 heavy (non-hydrogen) atoms. The minimum absolute atomic E-state index is 0.113. The second-order valence-corrected chi connectivity index (χ2v) is 8.96. The summed E-state index contributed by atoms with van der Waals surface area (Å²) in [4.78, 5) is 33.3. The topological polar surface area (TPSA) is 97.6 Å². The molecule has 3 aromatic rings. The molecule has 2 amide bonds. The van der Waals surface area contributed by atoms with Gasteiger partial charge in [-0.25, -0.2) is 4.98 Å². The van der Waals surface area contributed by atoms with Crippen LogP contribution in [0.1, 0.15) is 49.1 Å². The summed E-state index contributed by atoms with van der Waals surface area (Å²) < 4.78 is 10.4. The van der Waals surface area contributed by atoms with Gasteiger partial charge in [0.25, 0.3) is 5.88 Å². The van der Waals surface area contributed by atoms with E-state index in [0.717, 1.165) is 28.1 Å². The van der Waals surface area contributed by atoms with Crippen molar-refractivity contribution in [2.75, 3.05) is 13.7 Å². The fourth-order valence-corrected chi connectivity index (χ4v) is 5.00. The number of benzene rings is 1. The summed E-state index contributed by atoms with van der Waals surface area (Å²) in [6.07, 6.45) is 1.99. The monoisotopic (exact) mass is 468 g/mol. The number of nitrogens with zero attached hydrogens (tertiary/aromatic N) is 3. The first kappa shape index (κ1) is 23.0. The molecular formula is C24H28N4O4S. The Balaban J connectivity index is 1.38. The lowest BCUT2D eigenvalue weighted by molar-refractivity contribution is -0.140. The fraction of sp³-hybridized carbons (Fsp3) is 0.417. The van der Waals surface area contributed by atoms with Crippen LogP contribution in [0.25, 0.3) is 10.4 Å². The van der Waals surface area contributed by atoms with Gasteiger partial charge in [-0.1, -0.05) is 31.2 Å². The van der Waals surface area contributed by atoms with E-state index in [4.69, 9.17) is 9.26 Å². The number of methoxy groups -OCH3 is 1. The first-order chi connectivity index (χ1) is 16.0. The first-order valence-electron chi connectivity index (χ1n) is 11.1. The summed E-state index contributed by atoms with van der Waals surface area (Å²) in [5, 5.41) is 6.81. The highest BCUT2D eigenvalue weighted by molar-refractivity contribution is 7.13. The molecule has 174 valence electrons. The number of amides is 2. The minimum atomic E-state index is -0.488. The van der Waals surface area contributed by atoms with Gasteiger partial charge in [0.05, 0.1) is 29.1 Å². The molecule has 0 radical (unpaired) electrons. The zero-order valence-electron chi connectivity index (χ0n) is 19.0. The molecule has 0 saturated carbocycles. The van der Waals surface area contributed by atoms with Crippen LogP contribution in [-0.4, -0.2) is 46.6 Å². The number of ether oxygens (including phenoxy) is 1. The molecule has 0 aliphatic carbocycles. The van der Waals surface area contributed by atoms with Crippen molar-refractivity contribution in [1.82, 2.24) is 20.4 Å². The predicted octanol–water partition coefficient (Wildman–Crippen LogP) is 3.92. The van der Waals surface area contributed by atoms with Crippen molar-refractivity contribution in [3.63, 3.8) is 0 Å². The summed E-state index contributed by atoms with van der Waals surface area (Å²) >= 11 is 1.62. The van der Waals surface area contributed by atoms with Gasteiger partial charge < -0.3 is 19.5 Å². The second-order valence-electron chi connectivity index (χ2n) is 8.10. The van der Waals surface area contributed by atoms with Gasteiger partial charge in [0.2, 0.25) is 11.8 Å². The van der Waals surface area contributed by atoms with Gasteiger partial charge in [0, 0.05) is 19.2 Å².